The first kappa shape index (κ1) is 16.2. The number of amides is 1. The van der Waals surface area contributed by atoms with E-state index in [0.29, 0.717) is 5.69 Å². The maximum Gasteiger partial charge on any atom is 0.227 e. The van der Waals surface area contributed by atoms with Gasteiger partial charge in [0.05, 0.1) is 11.4 Å². The van der Waals surface area contributed by atoms with Crippen LogP contribution in [0.5, 0.6) is 0 Å². The molecular weight excluding hydrogens is 284 g/mol. The molecule has 21 heavy (non-hydrogen) atoms. The molecule has 3 rings (SSSR count). The molecule has 2 fully saturated rings. The Kier molecular flexibility index (Phi) is 5.51. The SMILES string of the molecule is Cl.Nc1ccccc1NC(=O)C1CCC2CCCCC2C1. The number of nitrogen functional groups attached to an aromatic ring is 1. The highest BCUT2D eigenvalue weighted by Gasteiger charge is 2.35. The third-order valence-corrected chi connectivity index (χ3v) is 5.13. The summed E-state index contributed by atoms with van der Waals surface area (Å²) >= 11 is 0. The summed E-state index contributed by atoms with van der Waals surface area (Å²) in [6, 6.07) is 7.50. The summed E-state index contributed by atoms with van der Waals surface area (Å²) in [5.74, 6) is 2.00. The fraction of sp³-hybridized carbons (Fsp3) is 0.588. The number of benzene rings is 1. The number of nitrogens with two attached hydrogens (primary N) is 1. The largest absolute Gasteiger partial charge is 0.397 e. The van der Waals surface area contributed by atoms with Gasteiger partial charge in [-0.25, -0.2) is 0 Å². The molecule has 0 radical (unpaired) electrons. The second-order valence-corrected chi connectivity index (χ2v) is 6.39. The number of anilines is 2. The van der Waals surface area contributed by atoms with Crippen LogP contribution < -0.4 is 11.1 Å². The van der Waals surface area contributed by atoms with Crippen molar-refractivity contribution in [1.29, 1.82) is 0 Å². The molecule has 0 aromatic heterocycles. The molecule has 1 aromatic carbocycles. The van der Waals surface area contributed by atoms with Gasteiger partial charge in [0.25, 0.3) is 0 Å². The zero-order valence-corrected chi connectivity index (χ0v) is 13.2. The lowest BCUT2D eigenvalue weighted by Crippen LogP contribution is -2.34. The Morgan fingerprint density at radius 3 is 2.52 bits per heavy atom. The monoisotopic (exact) mass is 308 g/mol. The van der Waals surface area contributed by atoms with E-state index in [9.17, 15) is 4.79 Å². The Morgan fingerprint density at radius 2 is 1.76 bits per heavy atom. The average Bonchev–Trinajstić information content (AvgIpc) is 2.49. The molecule has 2 aliphatic carbocycles. The lowest BCUT2D eigenvalue weighted by Gasteiger charge is -2.38. The van der Waals surface area contributed by atoms with Gasteiger partial charge in [0.15, 0.2) is 0 Å². The van der Waals surface area contributed by atoms with Crippen LogP contribution in [0.25, 0.3) is 0 Å². The Bertz CT molecular complexity index is 491. The van der Waals surface area contributed by atoms with Crippen molar-refractivity contribution < 1.29 is 4.79 Å². The molecule has 3 N–H and O–H groups in total. The van der Waals surface area contributed by atoms with Crippen molar-refractivity contribution in [1.82, 2.24) is 0 Å². The van der Waals surface area contributed by atoms with Crippen molar-refractivity contribution >= 4 is 29.7 Å². The van der Waals surface area contributed by atoms with Crippen molar-refractivity contribution in [2.24, 2.45) is 17.8 Å². The number of carbonyl (C=O) groups is 1. The van der Waals surface area contributed by atoms with E-state index in [2.05, 4.69) is 5.32 Å². The minimum absolute atomic E-state index is 0. The van der Waals surface area contributed by atoms with Crippen LogP contribution in [0.3, 0.4) is 0 Å². The van der Waals surface area contributed by atoms with E-state index in [0.717, 1.165) is 30.4 Å². The molecule has 0 saturated heterocycles. The summed E-state index contributed by atoms with van der Waals surface area (Å²) in [6.07, 6.45) is 8.78. The van der Waals surface area contributed by atoms with Crippen LogP contribution in [0.4, 0.5) is 11.4 Å². The van der Waals surface area contributed by atoms with E-state index in [-0.39, 0.29) is 24.2 Å². The summed E-state index contributed by atoms with van der Waals surface area (Å²) in [5, 5.41) is 3.01. The molecule has 116 valence electrons. The third kappa shape index (κ3) is 3.70. The minimum atomic E-state index is 0. The number of carbonyl (C=O) groups excluding carboxylic acids is 1. The van der Waals surface area contributed by atoms with Gasteiger partial charge in [0.2, 0.25) is 5.91 Å². The number of hydrogen-bond acceptors (Lipinski definition) is 2. The van der Waals surface area contributed by atoms with Gasteiger partial charge in [-0.15, -0.1) is 12.4 Å². The summed E-state index contributed by atoms with van der Waals surface area (Å²) in [5.41, 5.74) is 7.29. The van der Waals surface area contributed by atoms with E-state index in [4.69, 9.17) is 5.73 Å². The standard InChI is InChI=1S/C17H24N2O.ClH/c18-15-7-3-4-8-16(15)19-17(20)14-10-9-12-5-1-2-6-13(12)11-14;/h3-4,7-8,12-14H,1-2,5-6,9-11,18H2,(H,19,20);1H. The predicted molar refractivity (Wildman–Crippen MR) is 89.5 cm³/mol. The van der Waals surface area contributed by atoms with Gasteiger partial charge in [-0.1, -0.05) is 37.8 Å². The molecule has 4 heteroatoms. The Hall–Kier alpha value is -1.22. The molecule has 0 heterocycles. The fourth-order valence-corrected chi connectivity index (χ4v) is 3.96. The zero-order chi connectivity index (χ0) is 13.9. The molecule has 1 aromatic rings. The normalized spacial score (nSPS) is 28.1. The first-order valence-electron chi connectivity index (χ1n) is 7.89. The Morgan fingerprint density at radius 1 is 1.05 bits per heavy atom. The van der Waals surface area contributed by atoms with Crippen LogP contribution in [-0.2, 0) is 4.79 Å². The maximum atomic E-state index is 12.4. The fourth-order valence-electron chi connectivity index (χ4n) is 3.96. The number of rotatable bonds is 2. The second kappa shape index (κ2) is 7.17. The molecule has 3 unspecified atom stereocenters. The second-order valence-electron chi connectivity index (χ2n) is 6.39. The van der Waals surface area contributed by atoms with Crippen molar-refractivity contribution in [3.8, 4) is 0 Å². The highest BCUT2D eigenvalue weighted by atomic mass is 35.5. The topological polar surface area (TPSA) is 55.1 Å². The quantitative estimate of drug-likeness (QED) is 0.803. The minimum Gasteiger partial charge on any atom is -0.397 e. The number of halogens is 1. The molecule has 0 aliphatic heterocycles. The van der Waals surface area contributed by atoms with Crippen LogP contribution in [0, 0.1) is 17.8 Å². The van der Waals surface area contributed by atoms with Crippen molar-refractivity contribution in [2.45, 2.75) is 44.9 Å². The molecule has 3 nitrogen and oxygen atoms in total. The first-order chi connectivity index (χ1) is 9.74. The van der Waals surface area contributed by atoms with Crippen LogP contribution >= 0.6 is 12.4 Å². The van der Waals surface area contributed by atoms with E-state index in [1.54, 1.807) is 0 Å². The maximum absolute atomic E-state index is 12.4. The molecule has 2 aliphatic rings. The number of nitrogens with one attached hydrogen (secondary N) is 1. The highest BCUT2D eigenvalue weighted by molar-refractivity contribution is 5.95. The molecule has 1 amide bonds. The average molecular weight is 309 g/mol. The smallest absolute Gasteiger partial charge is 0.227 e. The summed E-state index contributed by atoms with van der Waals surface area (Å²) in [4.78, 5) is 12.4. The molecule has 0 bridgehead atoms. The third-order valence-electron chi connectivity index (χ3n) is 5.13. The van der Waals surface area contributed by atoms with Crippen molar-refractivity contribution in [3.05, 3.63) is 24.3 Å². The molecule has 3 atom stereocenters. The van der Waals surface area contributed by atoms with Gasteiger partial charge in [-0.3, -0.25) is 4.79 Å². The van der Waals surface area contributed by atoms with E-state index >= 15 is 0 Å². The van der Waals surface area contributed by atoms with Gasteiger partial charge >= 0.3 is 0 Å². The van der Waals surface area contributed by atoms with Gasteiger partial charge in [-0.05, 0) is 43.2 Å². The van der Waals surface area contributed by atoms with E-state index in [1.807, 2.05) is 24.3 Å². The van der Waals surface area contributed by atoms with Gasteiger partial charge in [0, 0.05) is 5.92 Å². The van der Waals surface area contributed by atoms with Crippen molar-refractivity contribution in [2.75, 3.05) is 11.1 Å². The number of fused-ring (bicyclic) bond motifs is 1. The Balaban J connectivity index is 0.00000161. The summed E-state index contributed by atoms with van der Waals surface area (Å²) in [6.45, 7) is 0. The lowest BCUT2D eigenvalue weighted by molar-refractivity contribution is -0.122. The highest BCUT2D eigenvalue weighted by Crippen LogP contribution is 2.43. The van der Waals surface area contributed by atoms with Crippen molar-refractivity contribution in [3.63, 3.8) is 0 Å². The van der Waals surface area contributed by atoms with Crippen LogP contribution in [0.2, 0.25) is 0 Å². The lowest BCUT2D eigenvalue weighted by atomic mass is 9.67. The van der Waals surface area contributed by atoms with Gasteiger partial charge in [0.1, 0.15) is 0 Å². The molecular formula is C17H25ClN2O. The molecule has 0 spiro atoms. The van der Waals surface area contributed by atoms with Crippen LogP contribution in [0.1, 0.15) is 44.9 Å². The summed E-state index contributed by atoms with van der Waals surface area (Å²) < 4.78 is 0. The first-order valence-corrected chi connectivity index (χ1v) is 7.89. The van der Waals surface area contributed by atoms with E-state index in [1.165, 1.54) is 32.1 Å². The number of para-hydroxylation sites is 2. The van der Waals surface area contributed by atoms with Crippen LogP contribution in [-0.4, -0.2) is 5.91 Å². The van der Waals surface area contributed by atoms with Gasteiger partial charge in [-0.2, -0.15) is 0 Å². The summed E-state index contributed by atoms with van der Waals surface area (Å²) in [7, 11) is 0. The van der Waals surface area contributed by atoms with Gasteiger partial charge < -0.3 is 11.1 Å². The van der Waals surface area contributed by atoms with E-state index < -0.39 is 0 Å². The van der Waals surface area contributed by atoms with Crippen LogP contribution in [0.15, 0.2) is 24.3 Å². The Labute approximate surface area is 133 Å². The molecule has 2 saturated carbocycles. The zero-order valence-electron chi connectivity index (χ0n) is 12.4. The number of hydrogen-bond donors (Lipinski definition) is 2. The predicted octanol–water partition coefficient (Wildman–Crippen LogP) is 4.24.